The molecular weight excluding hydrogens is 316 g/mol. The van der Waals surface area contributed by atoms with E-state index in [-0.39, 0.29) is 5.91 Å². The zero-order chi connectivity index (χ0) is 14.4. The van der Waals surface area contributed by atoms with Crippen LogP contribution in [0.2, 0.25) is 0 Å². The smallest absolute Gasteiger partial charge is 0.226 e. The Morgan fingerprint density at radius 1 is 1.10 bits per heavy atom. The van der Waals surface area contributed by atoms with Gasteiger partial charge in [0.25, 0.3) is 0 Å². The molecule has 2 rings (SSSR count). The molecule has 0 spiro atoms. The summed E-state index contributed by atoms with van der Waals surface area (Å²) in [6, 6.07) is 15.7. The predicted molar refractivity (Wildman–Crippen MR) is 87.1 cm³/mol. The van der Waals surface area contributed by atoms with Gasteiger partial charge in [-0.1, -0.05) is 34.1 Å². The van der Waals surface area contributed by atoms with Crippen molar-refractivity contribution in [3.05, 3.63) is 58.6 Å². The molecule has 0 aliphatic heterocycles. The Bertz CT molecular complexity index is 599. The van der Waals surface area contributed by atoms with Crippen LogP contribution in [-0.4, -0.2) is 12.5 Å². The minimum absolute atomic E-state index is 0.0121. The average molecular weight is 333 g/mol. The van der Waals surface area contributed by atoms with Gasteiger partial charge in [-0.3, -0.25) is 4.79 Å². The van der Waals surface area contributed by atoms with Crippen LogP contribution in [0.4, 0.5) is 11.4 Å². The van der Waals surface area contributed by atoms with Gasteiger partial charge >= 0.3 is 0 Å². The Hall–Kier alpha value is -1.81. The molecular formula is C16H17BrN2O. The minimum atomic E-state index is 0.0121. The first-order valence-corrected chi connectivity index (χ1v) is 7.29. The van der Waals surface area contributed by atoms with E-state index >= 15 is 0 Å². The predicted octanol–water partition coefficient (Wildman–Crippen LogP) is 4.20. The number of hydrogen-bond acceptors (Lipinski definition) is 2. The van der Waals surface area contributed by atoms with Crippen molar-refractivity contribution in [1.29, 1.82) is 0 Å². The highest BCUT2D eigenvalue weighted by Crippen LogP contribution is 2.15. The van der Waals surface area contributed by atoms with Crippen LogP contribution >= 0.6 is 15.9 Å². The highest BCUT2D eigenvalue weighted by Gasteiger charge is 2.02. The lowest BCUT2D eigenvalue weighted by molar-refractivity contribution is -0.115. The van der Waals surface area contributed by atoms with Gasteiger partial charge in [-0.25, -0.2) is 0 Å². The maximum absolute atomic E-state index is 11.8. The maximum Gasteiger partial charge on any atom is 0.226 e. The standard InChI is InChI=1S/C16H17BrN2O/c1-12-4-2-7-15(10-12)19-16(20)8-9-18-14-6-3-5-13(17)11-14/h2-7,10-11,18H,8-9H2,1H3,(H,19,20). The first kappa shape index (κ1) is 14.6. The van der Waals surface area contributed by atoms with Gasteiger partial charge in [-0.2, -0.15) is 0 Å². The molecule has 2 aromatic rings. The molecule has 0 saturated heterocycles. The van der Waals surface area contributed by atoms with E-state index in [0.29, 0.717) is 13.0 Å². The number of halogens is 1. The van der Waals surface area contributed by atoms with Crippen molar-refractivity contribution < 1.29 is 4.79 Å². The van der Waals surface area contributed by atoms with E-state index in [0.717, 1.165) is 21.4 Å². The molecule has 2 N–H and O–H groups in total. The van der Waals surface area contributed by atoms with Gasteiger partial charge in [0.15, 0.2) is 0 Å². The lowest BCUT2D eigenvalue weighted by Gasteiger charge is -2.08. The number of hydrogen-bond donors (Lipinski definition) is 2. The lowest BCUT2D eigenvalue weighted by atomic mass is 10.2. The number of carbonyl (C=O) groups is 1. The zero-order valence-corrected chi connectivity index (χ0v) is 12.9. The van der Waals surface area contributed by atoms with E-state index in [9.17, 15) is 4.79 Å². The van der Waals surface area contributed by atoms with Crippen LogP contribution in [-0.2, 0) is 4.79 Å². The van der Waals surface area contributed by atoms with E-state index in [1.165, 1.54) is 0 Å². The van der Waals surface area contributed by atoms with Gasteiger partial charge in [0.2, 0.25) is 5.91 Å². The molecule has 0 unspecified atom stereocenters. The summed E-state index contributed by atoms with van der Waals surface area (Å²) in [5.74, 6) is 0.0121. The Labute approximate surface area is 127 Å². The molecule has 0 radical (unpaired) electrons. The molecule has 0 heterocycles. The molecule has 0 fully saturated rings. The molecule has 3 nitrogen and oxygen atoms in total. The Balaban J connectivity index is 1.78. The largest absolute Gasteiger partial charge is 0.384 e. The molecule has 0 saturated carbocycles. The van der Waals surface area contributed by atoms with Crippen LogP contribution in [0.15, 0.2) is 53.0 Å². The Morgan fingerprint density at radius 2 is 1.85 bits per heavy atom. The third-order valence-corrected chi connectivity index (χ3v) is 3.30. The van der Waals surface area contributed by atoms with Crippen molar-refractivity contribution in [2.75, 3.05) is 17.2 Å². The van der Waals surface area contributed by atoms with Crippen molar-refractivity contribution in [2.45, 2.75) is 13.3 Å². The first-order chi connectivity index (χ1) is 9.63. The van der Waals surface area contributed by atoms with E-state index in [1.807, 2.05) is 55.5 Å². The summed E-state index contributed by atoms with van der Waals surface area (Å²) in [4.78, 5) is 11.8. The van der Waals surface area contributed by atoms with E-state index < -0.39 is 0 Å². The van der Waals surface area contributed by atoms with Crippen LogP contribution in [0.3, 0.4) is 0 Å². The van der Waals surface area contributed by atoms with Gasteiger partial charge in [0.1, 0.15) is 0 Å². The van der Waals surface area contributed by atoms with Gasteiger partial charge in [0, 0.05) is 28.8 Å². The molecule has 0 aliphatic rings. The summed E-state index contributed by atoms with van der Waals surface area (Å²) < 4.78 is 1.02. The highest BCUT2D eigenvalue weighted by molar-refractivity contribution is 9.10. The van der Waals surface area contributed by atoms with Crippen LogP contribution in [0.25, 0.3) is 0 Å². The number of nitrogens with one attached hydrogen (secondary N) is 2. The third kappa shape index (κ3) is 4.70. The summed E-state index contributed by atoms with van der Waals surface area (Å²) >= 11 is 3.41. The second kappa shape index (κ2) is 7.10. The minimum Gasteiger partial charge on any atom is -0.384 e. The van der Waals surface area contributed by atoms with Crippen LogP contribution in [0.1, 0.15) is 12.0 Å². The summed E-state index contributed by atoms with van der Waals surface area (Å²) in [5, 5.41) is 6.11. The number of benzene rings is 2. The normalized spacial score (nSPS) is 10.1. The number of anilines is 2. The molecule has 4 heteroatoms. The van der Waals surface area contributed by atoms with Gasteiger partial charge in [-0.15, -0.1) is 0 Å². The van der Waals surface area contributed by atoms with Crippen LogP contribution in [0, 0.1) is 6.92 Å². The third-order valence-electron chi connectivity index (χ3n) is 2.81. The fraction of sp³-hybridized carbons (Fsp3) is 0.188. The molecule has 2 aromatic carbocycles. The summed E-state index contributed by atoms with van der Waals surface area (Å²) in [7, 11) is 0. The van der Waals surface area contributed by atoms with Crippen molar-refractivity contribution in [3.63, 3.8) is 0 Å². The SMILES string of the molecule is Cc1cccc(NC(=O)CCNc2cccc(Br)c2)c1. The molecule has 0 aromatic heterocycles. The number of aryl methyl sites for hydroxylation is 1. The van der Waals surface area contributed by atoms with Crippen molar-refractivity contribution in [1.82, 2.24) is 0 Å². The second-order valence-electron chi connectivity index (χ2n) is 4.60. The second-order valence-corrected chi connectivity index (χ2v) is 5.52. The summed E-state index contributed by atoms with van der Waals surface area (Å²) in [6.45, 7) is 2.61. The molecule has 0 atom stereocenters. The van der Waals surface area contributed by atoms with Crippen molar-refractivity contribution in [3.8, 4) is 0 Å². The first-order valence-electron chi connectivity index (χ1n) is 6.49. The summed E-state index contributed by atoms with van der Waals surface area (Å²) in [5.41, 5.74) is 2.98. The van der Waals surface area contributed by atoms with Crippen molar-refractivity contribution in [2.24, 2.45) is 0 Å². The molecule has 0 aliphatic carbocycles. The molecule has 0 bridgehead atoms. The van der Waals surface area contributed by atoms with E-state index in [2.05, 4.69) is 26.6 Å². The molecule has 20 heavy (non-hydrogen) atoms. The van der Waals surface area contributed by atoms with Gasteiger partial charge < -0.3 is 10.6 Å². The topological polar surface area (TPSA) is 41.1 Å². The quantitative estimate of drug-likeness (QED) is 0.861. The molecule has 104 valence electrons. The number of carbonyl (C=O) groups excluding carboxylic acids is 1. The zero-order valence-electron chi connectivity index (χ0n) is 11.3. The van der Waals surface area contributed by atoms with Gasteiger partial charge in [-0.05, 0) is 42.8 Å². The Morgan fingerprint density at radius 3 is 2.60 bits per heavy atom. The van der Waals surface area contributed by atoms with E-state index in [1.54, 1.807) is 0 Å². The van der Waals surface area contributed by atoms with Crippen molar-refractivity contribution >= 4 is 33.2 Å². The number of amides is 1. The Kier molecular flexibility index (Phi) is 5.18. The lowest BCUT2D eigenvalue weighted by Crippen LogP contribution is -2.16. The average Bonchev–Trinajstić information content (AvgIpc) is 2.38. The van der Waals surface area contributed by atoms with Crippen LogP contribution < -0.4 is 10.6 Å². The molecule has 1 amide bonds. The maximum atomic E-state index is 11.8. The fourth-order valence-electron chi connectivity index (χ4n) is 1.87. The van der Waals surface area contributed by atoms with Crippen LogP contribution in [0.5, 0.6) is 0 Å². The fourth-order valence-corrected chi connectivity index (χ4v) is 2.26. The van der Waals surface area contributed by atoms with Gasteiger partial charge in [0.05, 0.1) is 0 Å². The monoisotopic (exact) mass is 332 g/mol. The number of rotatable bonds is 5. The summed E-state index contributed by atoms with van der Waals surface area (Å²) in [6.07, 6.45) is 0.431. The van der Waals surface area contributed by atoms with E-state index in [4.69, 9.17) is 0 Å². The highest BCUT2D eigenvalue weighted by atomic mass is 79.9.